The van der Waals surface area contributed by atoms with Crippen LogP contribution in [0.5, 0.6) is 0 Å². The maximum atomic E-state index is 2.46. The second-order valence-electron chi connectivity index (χ2n) is 13.3. The molecule has 4 heteroatoms. The van der Waals surface area contributed by atoms with Crippen molar-refractivity contribution in [3.05, 3.63) is 182 Å². The van der Waals surface area contributed by atoms with E-state index in [-0.39, 0.29) is 0 Å². The zero-order chi connectivity index (χ0) is 34.2. The molecule has 10 aromatic rings. The Balaban J connectivity index is 1.17. The molecular weight excluding hydrogens is 669 g/mol. The molecular formula is C48H30N2S2. The van der Waals surface area contributed by atoms with Crippen molar-refractivity contribution in [1.82, 2.24) is 9.13 Å². The first-order valence-electron chi connectivity index (χ1n) is 17.6. The number of fused-ring (bicyclic) bond motifs is 8. The Morgan fingerprint density at radius 2 is 0.827 bits per heavy atom. The van der Waals surface area contributed by atoms with Gasteiger partial charge in [0.1, 0.15) is 0 Å². The summed E-state index contributed by atoms with van der Waals surface area (Å²) in [4.78, 5) is 5.26. The van der Waals surface area contributed by atoms with Gasteiger partial charge in [-0.15, -0.1) is 0 Å². The first kappa shape index (κ1) is 29.8. The minimum Gasteiger partial charge on any atom is -0.309 e. The summed E-state index contributed by atoms with van der Waals surface area (Å²) in [7, 11) is 0. The first-order valence-corrected chi connectivity index (χ1v) is 19.2. The van der Waals surface area contributed by atoms with E-state index in [1.165, 1.54) is 85.4 Å². The molecule has 0 saturated heterocycles. The zero-order valence-electron chi connectivity index (χ0n) is 28.0. The molecule has 0 fully saturated rings. The zero-order valence-corrected chi connectivity index (χ0v) is 29.7. The van der Waals surface area contributed by atoms with Crippen LogP contribution in [0.15, 0.2) is 202 Å². The van der Waals surface area contributed by atoms with E-state index >= 15 is 0 Å². The Labute approximate surface area is 310 Å². The summed E-state index contributed by atoms with van der Waals surface area (Å²) in [5, 5.41) is 5.05. The van der Waals surface area contributed by atoms with Crippen LogP contribution in [-0.4, -0.2) is 9.13 Å². The third-order valence-electron chi connectivity index (χ3n) is 10.4. The van der Waals surface area contributed by atoms with Gasteiger partial charge in [-0.1, -0.05) is 139 Å². The lowest BCUT2D eigenvalue weighted by atomic mass is 9.96. The van der Waals surface area contributed by atoms with E-state index in [0.29, 0.717) is 0 Å². The van der Waals surface area contributed by atoms with E-state index in [2.05, 4.69) is 191 Å². The van der Waals surface area contributed by atoms with Gasteiger partial charge in [-0.05, 0) is 83.4 Å². The van der Waals surface area contributed by atoms with Crippen molar-refractivity contribution in [2.24, 2.45) is 0 Å². The minimum atomic E-state index is 1.15. The minimum absolute atomic E-state index is 1.15. The summed E-state index contributed by atoms with van der Waals surface area (Å²) in [6.07, 6.45) is 0. The molecule has 0 bridgehead atoms. The summed E-state index contributed by atoms with van der Waals surface area (Å²) in [5.74, 6) is 0. The summed E-state index contributed by atoms with van der Waals surface area (Å²) in [6.45, 7) is 0. The van der Waals surface area contributed by atoms with Crippen LogP contribution in [0.25, 0.3) is 77.2 Å². The molecule has 0 spiro atoms. The highest BCUT2D eigenvalue weighted by Gasteiger charge is 2.22. The molecule has 11 rings (SSSR count). The Hall–Kier alpha value is -5.94. The third-order valence-corrected chi connectivity index (χ3v) is 13.0. The fourth-order valence-corrected chi connectivity index (χ4v) is 10.5. The third kappa shape index (κ3) is 4.55. The molecule has 0 atom stereocenters. The second kappa shape index (κ2) is 11.8. The maximum Gasteiger partial charge on any atom is 0.0541 e. The lowest BCUT2D eigenvalue weighted by Gasteiger charge is -2.22. The standard InChI is InChI=1S/C48H30N2S2/c1-5-20-40-35(15-1)36-16-2-6-21-41(36)49(40)33-14-11-13-31(29-33)39-30-32(34-19-12-26-47-48(34)52-46-25-10-9-24-45(46)51-47)27-28-44(39)50-42-22-7-3-17-37(42)38-18-4-8-23-43(38)50/h1-30H. The van der Waals surface area contributed by atoms with Crippen LogP contribution >= 0.6 is 23.5 Å². The van der Waals surface area contributed by atoms with Gasteiger partial charge in [0.2, 0.25) is 0 Å². The average Bonchev–Trinajstić information content (AvgIpc) is 3.73. The summed E-state index contributed by atoms with van der Waals surface area (Å²) < 4.78 is 4.87. The quantitative estimate of drug-likeness (QED) is 0.181. The van der Waals surface area contributed by atoms with E-state index < -0.39 is 0 Å². The lowest BCUT2D eigenvalue weighted by Crippen LogP contribution is -2.00. The fourth-order valence-electron chi connectivity index (χ4n) is 8.10. The normalized spacial score (nSPS) is 12.5. The number of rotatable bonds is 4. The topological polar surface area (TPSA) is 9.86 Å². The predicted molar refractivity (Wildman–Crippen MR) is 221 cm³/mol. The molecule has 0 radical (unpaired) electrons. The number of para-hydroxylation sites is 4. The molecule has 0 amide bonds. The van der Waals surface area contributed by atoms with Crippen LogP contribution in [0.2, 0.25) is 0 Å². The highest BCUT2D eigenvalue weighted by atomic mass is 32.2. The maximum absolute atomic E-state index is 2.46. The molecule has 1 aliphatic heterocycles. The smallest absolute Gasteiger partial charge is 0.0541 e. The number of hydrogen-bond donors (Lipinski definition) is 0. The van der Waals surface area contributed by atoms with E-state index in [4.69, 9.17) is 0 Å². The first-order chi connectivity index (χ1) is 25.8. The molecule has 8 aromatic carbocycles. The van der Waals surface area contributed by atoms with Crippen molar-refractivity contribution in [2.75, 3.05) is 0 Å². The Morgan fingerprint density at radius 1 is 0.327 bits per heavy atom. The van der Waals surface area contributed by atoms with Gasteiger partial charge in [-0.25, -0.2) is 0 Å². The second-order valence-corrected chi connectivity index (χ2v) is 15.4. The van der Waals surface area contributed by atoms with Crippen LogP contribution in [0.3, 0.4) is 0 Å². The average molecular weight is 699 g/mol. The van der Waals surface area contributed by atoms with Crippen LogP contribution in [0.1, 0.15) is 0 Å². The summed E-state index contributed by atoms with van der Waals surface area (Å²) in [6, 6.07) is 66.7. The van der Waals surface area contributed by atoms with Gasteiger partial charge in [0, 0.05) is 52.4 Å². The highest BCUT2D eigenvalue weighted by molar-refractivity contribution is 8.05. The van der Waals surface area contributed by atoms with E-state index in [1.807, 2.05) is 23.5 Å². The van der Waals surface area contributed by atoms with Crippen LogP contribution in [0.4, 0.5) is 0 Å². The van der Waals surface area contributed by atoms with Gasteiger partial charge < -0.3 is 9.13 Å². The van der Waals surface area contributed by atoms with Gasteiger partial charge in [0.25, 0.3) is 0 Å². The number of nitrogens with zero attached hydrogens (tertiary/aromatic N) is 2. The van der Waals surface area contributed by atoms with Crippen molar-refractivity contribution in [3.63, 3.8) is 0 Å². The number of hydrogen-bond acceptors (Lipinski definition) is 2. The van der Waals surface area contributed by atoms with Crippen molar-refractivity contribution in [2.45, 2.75) is 19.6 Å². The van der Waals surface area contributed by atoms with Crippen LogP contribution in [-0.2, 0) is 0 Å². The number of benzene rings is 8. The Morgan fingerprint density at radius 3 is 1.46 bits per heavy atom. The number of aromatic nitrogens is 2. The van der Waals surface area contributed by atoms with E-state index in [9.17, 15) is 0 Å². The van der Waals surface area contributed by atoms with Gasteiger partial charge in [-0.2, -0.15) is 0 Å². The SMILES string of the molecule is c1cc(-c2cc(-c3cccc4c3Sc3ccccc3S4)ccc2-n2c3ccccc3c3ccccc32)cc(-n2c3ccccc3c3ccccc32)c1. The molecule has 0 N–H and O–H groups in total. The largest absolute Gasteiger partial charge is 0.309 e. The molecule has 52 heavy (non-hydrogen) atoms. The highest BCUT2D eigenvalue weighted by Crippen LogP contribution is 2.52. The van der Waals surface area contributed by atoms with Gasteiger partial charge in [-0.3, -0.25) is 0 Å². The predicted octanol–water partition coefficient (Wildman–Crippen LogP) is 13.8. The van der Waals surface area contributed by atoms with Crippen molar-refractivity contribution >= 4 is 67.1 Å². The van der Waals surface area contributed by atoms with E-state index in [1.54, 1.807) is 0 Å². The summed E-state index contributed by atoms with van der Waals surface area (Å²) >= 11 is 3.76. The molecule has 2 aromatic heterocycles. The molecule has 244 valence electrons. The molecule has 0 aliphatic carbocycles. The fraction of sp³-hybridized carbons (Fsp3) is 0. The molecule has 2 nitrogen and oxygen atoms in total. The van der Waals surface area contributed by atoms with E-state index in [0.717, 1.165) is 11.4 Å². The molecule has 1 aliphatic rings. The summed E-state index contributed by atoms with van der Waals surface area (Å²) in [5.41, 5.74) is 12.0. The Kier molecular flexibility index (Phi) is 6.76. The molecule has 3 heterocycles. The van der Waals surface area contributed by atoms with Crippen LogP contribution < -0.4 is 0 Å². The van der Waals surface area contributed by atoms with Crippen LogP contribution in [0, 0.1) is 0 Å². The van der Waals surface area contributed by atoms with Crippen molar-refractivity contribution in [1.29, 1.82) is 0 Å². The Bertz CT molecular complexity index is 2930. The van der Waals surface area contributed by atoms with Gasteiger partial charge in [0.05, 0.1) is 27.8 Å². The molecule has 0 unspecified atom stereocenters. The van der Waals surface area contributed by atoms with Crippen molar-refractivity contribution < 1.29 is 0 Å². The van der Waals surface area contributed by atoms with Gasteiger partial charge in [0.15, 0.2) is 0 Å². The van der Waals surface area contributed by atoms with Gasteiger partial charge >= 0.3 is 0 Å². The monoisotopic (exact) mass is 698 g/mol. The lowest BCUT2D eigenvalue weighted by molar-refractivity contribution is 1.15. The van der Waals surface area contributed by atoms with Crippen molar-refractivity contribution in [3.8, 4) is 33.6 Å². The molecule has 0 saturated carbocycles.